The van der Waals surface area contributed by atoms with E-state index in [2.05, 4.69) is 0 Å². The lowest BCUT2D eigenvalue weighted by Gasteiger charge is -2.28. The molecule has 0 saturated carbocycles. The topological polar surface area (TPSA) is 61.2 Å². The monoisotopic (exact) mass is 418 g/mol. The Labute approximate surface area is 148 Å². The highest BCUT2D eigenvalue weighted by Gasteiger charge is 2.39. The van der Waals surface area contributed by atoms with Gasteiger partial charge in [0.2, 0.25) is 13.7 Å². The van der Waals surface area contributed by atoms with Crippen molar-refractivity contribution in [2.24, 2.45) is 5.92 Å². The fraction of sp³-hybridized carbons (Fsp3) is 0.889. The van der Waals surface area contributed by atoms with E-state index in [0.717, 1.165) is 3.71 Å². The minimum Gasteiger partial charge on any atom is -0.211 e. The number of alkyl halides is 4. The van der Waals surface area contributed by atoms with Gasteiger partial charge in [-0.05, 0) is 25.1 Å². The van der Waals surface area contributed by atoms with Crippen LogP contribution >= 0.6 is 70.1 Å². The van der Waals surface area contributed by atoms with Gasteiger partial charge in [-0.3, -0.25) is 0 Å². The highest BCUT2D eigenvalue weighted by atomic mass is 35.5. The number of sulfonamides is 1. The molecule has 0 aromatic carbocycles. The summed E-state index contributed by atoms with van der Waals surface area (Å²) in [5, 5.41) is 8.83. The molecule has 0 aromatic rings. The number of thioether (sulfide) groups is 1. The van der Waals surface area contributed by atoms with Gasteiger partial charge in [-0.2, -0.15) is 17.0 Å². The first kappa shape index (κ1) is 21.3. The van der Waals surface area contributed by atoms with Crippen molar-refractivity contribution in [3.05, 3.63) is 0 Å². The van der Waals surface area contributed by atoms with Crippen LogP contribution in [-0.2, 0) is 10.0 Å². The Balaban J connectivity index is 5.14. The van der Waals surface area contributed by atoms with Gasteiger partial charge in [0.1, 0.15) is 0 Å². The normalized spacial score (nSPS) is 14.6. The van der Waals surface area contributed by atoms with Crippen molar-refractivity contribution in [3.8, 4) is 6.07 Å². The molecular formula is C9H14Cl4N2O2S3. The van der Waals surface area contributed by atoms with Crippen molar-refractivity contribution < 1.29 is 8.42 Å². The number of rotatable bonds is 9. The van der Waals surface area contributed by atoms with E-state index in [1.165, 1.54) is 11.8 Å². The maximum absolute atomic E-state index is 12.2. The van der Waals surface area contributed by atoms with Crippen LogP contribution in [0.25, 0.3) is 0 Å². The van der Waals surface area contributed by atoms with Gasteiger partial charge in [-0.25, -0.2) is 8.42 Å². The Bertz CT molecular complexity index is 439. The standard InChI is InChI=1S/C9H14Cl4N2O2S3/c1-7(5-14)6-15(19-9(12,13)8(10)11)20(16,17)4-3-18-2/h7-8H,3-4,6H2,1-2H3. The second kappa shape index (κ2) is 9.41. The molecule has 0 spiro atoms. The predicted molar refractivity (Wildman–Crippen MR) is 91.2 cm³/mol. The number of hydrogen-bond donors (Lipinski definition) is 0. The van der Waals surface area contributed by atoms with Crippen LogP contribution in [0.3, 0.4) is 0 Å². The molecule has 20 heavy (non-hydrogen) atoms. The second-order valence-electron chi connectivity index (χ2n) is 3.78. The molecule has 1 unspecified atom stereocenters. The van der Waals surface area contributed by atoms with Crippen LogP contribution < -0.4 is 0 Å². The quantitative estimate of drug-likeness (QED) is 0.420. The molecule has 0 fully saturated rings. The Kier molecular flexibility index (Phi) is 10.0. The van der Waals surface area contributed by atoms with Gasteiger partial charge in [0.15, 0.2) is 4.84 Å². The third kappa shape index (κ3) is 7.50. The van der Waals surface area contributed by atoms with E-state index >= 15 is 0 Å². The summed E-state index contributed by atoms with van der Waals surface area (Å²) < 4.78 is 23.7. The molecule has 0 saturated heterocycles. The molecule has 0 aliphatic rings. The fourth-order valence-corrected chi connectivity index (χ4v) is 5.77. The highest BCUT2D eigenvalue weighted by molar-refractivity contribution is 8.11. The Hall–Kier alpha value is 1.26. The summed E-state index contributed by atoms with van der Waals surface area (Å²) in [7, 11) is -3.62. The molecule has 0 aliphatic carbocycles. The Morgan fingerprint density at radius 1 is 1.40 bits per heavy atom. The zero-order valence-electron chi connectivity index (χ0n) is 10.7. The molecule has 0 N–H and O–H groups in total. The average Bonchev–Trinajstić information content (AvgIpc) is 2.34. The first-order chi connectivity index (χ1) is 9.06. The van der Waals surface area contributed by atoms with Gasteiger partial charge in [-0.1, -0.05) is 23.2 Å². The minimum absolute atomic E-state index is 0.0421. The van der Waals surface area contributed by atoms with E-state index in [4.69, 9.17) is 51.7 Å². The maximum Gasteiger partial charge on any atom is 0.224 e. The molecule has 0 heterocycles. The molecule has 0 bridgehead atoms. The highest BCUT2D eigenvalue weighted by Crippen LogP contribution is 2.45. The van der Waals surface area contributed by atoms with Gasteiger partial charge in [0.25, 0.3) is 0 Å². The molecule has 0 radical (unpaired) electrons. The van der Waals surface area contributed by atoms with Crippen molar-refractivity contribution >= 4 is 80.1 Å². The van der Waals surface area contributed by atoms with Crippen molar-refractivity contribution in [3.63, 3.8) is 0 Å². The van der Waals surface area contributed by atoms with E-state index in [9.17, 15) is 8.42 Å². The largest absolute Gasteiger partial charge is 0.224 e. The summed E-state index contributed by atoms with van der Waals surface area (Å²) in [6.07, 6.45) is 1.80. The molecule has 0 amide bonds. The lowest BCUT2D eigenvalue weighted by atomic mass is 10.2. The fourth-order valence-electron chi connectivity index (χ4n) is 0.938. The van der Waals surface area contributed by atoms with Crippen molar-refractivity contribution in [1.29, 1.82) is 5.26 Å². The number of nitriles is 1. The van der Waals surface area contributed by atoms with Gasteiger partial charge in [-0.15, -0.1) is 26.9 Å². The van der Waals surface area contributed by atoms with Crippen molar-refractivity contribution in [2.45, 2.75) is 15.4 Å². The summed E-state index contributed by atoms with van der Waals surface area (Å²) in [4.78, 5) is -1.19. The van der Waals surface area contributed by atoms with E-state index in [1.807, 2.05) is 6.07 Å². The van der Waals surface area contributed by atoms with E-state index in [-0.39, 0.29) is 12.3 Å². The lowest BCUT2D eigenvalue weighted by Crippen LogP contribution is -2.36. The van der Waals surface area contributed by atoms with Gasteiger partial charge in [0.05, 0.1) is 17.7 Å². The van der Waals surface area contributed by atoms with Crippen molar-refractivity contribution in [2.75, 3.05) is 24.3 Å². The van der Waals surface area contributed by atoms with Crippen LogP contribution in [-0.4, -0.2) is 44.9 Å². The van der Waals surface area contributed by atoms with Crippen LogP contribution in [0.4, 0.5) is 0 Å². The predicted octanol–water partition coefficient (Wildman–Crippen LogP) is 3.72. The maximum atomic E-state index is 12.2. The molecular weight excluding hydrogens is 406 g/mol. The van der Waals surface area contributed by atoms with Gasteiger partial charge >= 0.3 is 0 Å². The van der Waals surface area contributed by atoms with Gasteiger partial charge < -0.3 is 0 Å². The summed E-state index contributed by atoms with van der Waals surface area (Å²) in [6, 6.07) is 1.96. The zero-order valence-corrected chi connectivity index (χ0v) is 16.2. The number of nitrogens with zero attached hydrogens (tertiary/aromatic N) is 2. The third-order valence-corrected chi connectivity index (χ3v) is 8.28. The minimum atomic E-state index is -3.62. The van der Waals surface area contributed by atoms with E-state index in [0.29, 0.717) is 17.7 Å². The Morgan fingerprint density at radius 2 is 1.95 bits per heavy atom. The molecule has 118 valence electrons. The molecule has 0 aromatic heterocycles. The smallest absolute Gasteiger partial charge is 0.211 e. The summed E-state index contributed by atoms with van der Waals surface area (Å²) in [6.45, 7) is 1.56. The number of hydrogen-bond acceptors (Lipinski definition) is 5. The summed E-state index contributed by atoms with van der Waals surface area (Å²) in [5.41, 5.74) is 0. The van der Waals surface area contributed by atoms with Gasteiger partial charge in [0, 0.05) is 12.3 Å². The zero-order chi connectivity index (χ0) is 16.0. The SMILES string of the molecule is CSCCS(=O)(=O)N(CC(C)C#N)SC(Cl)(Cl)C(Cl)Cl. The number of halogens is 4. The molecule has 0 aliphatic heterocycles. The van der Waals surface area contributed by atoms with E-state index < -0.39 is 24.4 Å². The van der Waals surface area contributed by atoms with Crippen LogP contribution in [0.5, 0.6) is 0 Å². The molecule has 11 heteroatoms. The lowest BCUT2D eigenvalue weighted by molar-refractivity contribution is 0.517. The Morgan fingerprint density at radius 3 is 2.35 bits per heavy atom. The van der Waals surface area contributed by atoms with Crippen LogP contribution in [0.15, 0.2) is 0 Å². The van der Waals surface area contributed by atoms with Crippen LogP contribution in [0.2, 0.25) is 0 Å². The first-order valence-corrected chi connectivity index (χ1v) is 10.7. The molecule has 4 nitrogen and oxygen atoms in total. The van der Waals surface area contributed by atoms with Crippen LogP contribution in [0.1, 0.15) is 6.92 Å². The summed E-state index contributed by atoms with van der Waals surface area (Å²) in [5.74, 6) is -0.179. The van der Waals surface area contributed by atoms with E-state index in [1.54, 1.807) is 13.2 Å². The first-order valence-electron chi connectivity index (χ1n) is 5.31. The van der Waals surface area contributed by atoms with Crippen molar-refractivity contribution in [1.82, 2.24) is 3.71 Å². The third-order valence-electron chi connectivity index (χ3n) is 1.98. The van der Waals surface area contributed by atoms with Crippen LogP contribution in [0, 0.1) is 17.2 Å². The molecule has 0 rings (SSSR count). The molecule has 1 atom stereocenters. The summed E-state index contributed by atoms with van der Waals surface area (Å²) >= 11 is 25.1. The second-order valence-corrected chi connectivity index (χ2v) is 11.2. The average molecular weight is 420 g/mol.